The Kier molecular flexibility index (Phi) is 5.78. The monoisotopic (exact) mass is 330 g/mol. The topological polar surface area (TPSA) is 84.6 Å². The Bertz CT molecular complexity index is 450. The first kappa shape index (κ1) is 15.9. The lowest BCUT2D eigenvalue weighted by Gasteiger charge is -2.23. The number of amides is 1. The van der Waals surface area contributed by atoms with E-state index in [-0.39, 0.29) is 12.5 Å². The fourth-order valence-corrected chi connectivity index (χ4v) is 1.92. The van der Waals surface area contributed by atoms with E-state index in [1.165, 1.54) is 0 Å². The van der Waals surface area contributed by atoms with E-state index in [0.717, 1.165) is 0 Å². The second-order valence-electron chi connectivity index (χ2n) is 4.66. The minimum Gasteiger partial charge on any atom is -0.399 e. The molecule has 1 unspecified atom stereocenters. The standard InChI is InChI=1S/C13H19BrN2O3/c1-13(18,5-6-19-2)8-16-12(17)10-7-9(15)3-4-11(10)14/h3-4,7,18H,5-6,8,15H2,1-2H3,(H,16,17). The maximum absolute atomic E-state index is 12.0. The third-order valence-corrected chi connectivity index (χ3v) is 3.40. The van der Waals surface area contributed by atoms with Gasteiger partial charge in [-0.3, -0.25) is 4.79 Å². The van der Waals surface area contributed by atoms with Gasteiger partial charge >= 0.3 is 0 Å². The van der Waals surface area contributed by atoms with Gasteiger partial charge in [0.2, 0.25) is 0 Å². The summed E-state index contributed by atoms with van der Waals surface area (Å²) in [6, 6.07) is 5.01. The van der Waals surface area contributed by atoms with E-state index >= 15 is 0 Å². The molecule has 106 valence electrons. The summed E-state index contributed by atoms with van der Waals surface area (Å²) in [6.07, 6.45) is 0.446. The summed E-state index contributed by atoms with van der Waals surface area (Å²) in [7, 11) is 1.57. The number of carbonyl (C=O) groups excluding carboxylic acids is 1. The third kappa shape index (κ3) is 5.18. The molecule has 0 saturated carbocycles. The Hall–Kier alpha value is -1.11. The number of methoxy groups -OCH3 is 1. The first-order chi connectivity index (χ1) is 8.85. The average Bonchev–Trinajstić information content (AvgIpc) is 2.36. The van der Waals surface area contributed by atoms with Gasteiger partial charge in [-0.2, -0.15) is 0 Å². The van der Waals surface area contributed by atoms with E-state index in [1.54, 1.807) is 32.2 Å². The smallest absolute Gasteiger partial charge is 0.252 e. The molecular formula is C13H19BrN2O3. The lowest BCUT2D eigenvalue weighted by molar-refractivity contribution is 0.0243. The minimum absolute atomic E-state index is 0.149. The highest BCUT2D eigenvalue weighted by molar-refractivity contribution is 9.10. The van der Waals surface area contributed by atoms with E-state index in [1.807, 2.05) is 0 Å². The summed E-state index contributed by atoms with van der Waals surface area (Å²) in [4.78, 5) is 12.0. The van der Waals surface area contributed by atoms with Crippen molar-refractivity contribution < 1.29 is 14.6 Å². The first-order valence-electron chi connectivity index (χ1n) is 5.90. The Labute approximate surface area is 121 Å². The molecule has 0 aliphatic carbocycles. The van der Waals surface area contributed by atoms with Crippen LogP contribution in [0.1, 0.15) is 23.7 Å². The van der Waals surface area contributed by atoms with E-state index in [4.69, 9.17) is 10.5 Å². The molecule has 0 aromatic heterocycles. The summed E-state index contributed by atoms with van der Waals surface area (Å²) in [5.41, 5.74) is 5.60. The Morgan fingerprint density at radius 3 is 2.89 bits per heavy atom. The van der Waals surface area contributed by atoms with Crippen molar-refractivity contribution in [1.82, 2.24) is 5.32 Å². The normalized spacial score (nSPS) is 13.9. The highest BCUT2D eigenvalue weighted by Gasteiger charge is 2.21. The number of ether oxygens (including phenoxy) is 1. The number of aliphatic hydroxyl groups is 1. The molecule has 1 atom stereocenters. The highest BCUT2D eigenvalue weighted by Crippen LogP contribution is 2.19. The van der Waals surface area contributed by atoms with Crippen molar-refractivity contribution in [2.45, 2.75) is 18.9 Å². The van der Waals surface area contributed by atoms with Crippen LogP contribution in [0.5, 0.6) is 0 Å². The number of hydrogen-bond acceptors (Lipinski definition) is 4. The molecule has 0 fully saturated rings. The third-order valence-electron chi connectivity index (χ3n) is 2.71. The molecule has 0 aliphatic heterocycles. The van der Waals surface area contributed by atoms with E-state index in [9.17, 15) is 9.90 Å². The number of rotatable bonds is 6. The van der Waals surface area contributed by atoms with Gasteiger partial charge in [0, 0.05) is 36.8 Å². The Morgan fingerprint density at radius 1 is 1.58 bits per heavy atom. The maximum atomic E-state index is 12.0. The molecular weight excluding hydrogens is 312 g/mol. The van der Waals surface area contributed by atoms with Gasteiger partial charge in [-0.1, -0.05) is 0 Å². The fourth-order valence-electron chi connectivity index (χ4n) is 1.49. The zero-order valence-corrected chi connectivity index (χ0v) is 12.7. The van der Waals surface area contributed by atoms with Crippen LogP contribution in [0.25, 0.3) is 0 Å². The SMILES string of the molecule is COCCC(C)(O)CNC(=O)c1cc(N)ccc1Br. The van der Waals surface area contributed by atoms with Gasteiger partial charge < -0.3 is 20.9 Å². The number of halogens is 1. The molecule has 1 rings (SSSR count). The van der Waals surface area contributed by atoms with Crippen LogP contribution in [0.2, 0.25) is 0 Å². The number of hydrogen-bond donors (Lipinski definition) is 3. The molecule has 5 nitrogen and oxygen atoms in total. The number of carbonyl (C=O) groups is 1. The number of benzene rings is 1. The predicted molar refractivity (Wildman–Crippen MR) is 78.0 cm³/mol. The van der Waals surface area contributed by atoms with E-state index in [0.29, 0.717) is 28.8 Å². The molecule has 0 radical (unpaired) electrons. The van der Waals surface area contributed by atoms with Crippen LogP contribution in [-0.4, -0.2) is 36.9 Å². The number of anilines is 1. The van der Waals surface area contributed by atoms with Crippen molar-refractivity contribution in [3.05, 3.63) is 28.2 Å². The molecule has 1 aromatic carbocycles. The van der Waals surface area contributed by atoms with Crippen molar-refractivity contribution in [1.29, 1.82) is 0 Å². The van der Waals surface area contributed by atoms with Crippen molar-refractivity contribution in [3.63, 3.8) is 0 Å². The van der Waals surface area contributed by atoms with Crippen molar-refractivity contribution in [3.8, 4) is 0 Å². The van der Waals surface area contributed by atoms with Gasteiger partial charge in [-0.05, 0) is 41.1 Å². The number of nitrogens with one attached hydrogen (secondary N) is 1. The maximum Gasteiger partial charge on any atom is 0.252 e. The molecule has 0 spiro atoms. The van der Waals surface area contributed by atoms with Gasteiger partial charge in [0.25, 0.3) is 5.91 Å². The number of nitrogen functional groups attached to an aromatic ring is 1. The highest BCUT2D eigenvalue weighted by atomic mass is 79.9. The summed E-state index contributed by atoms with van der Waals surface area (Å²) < 4.78 is 5.57. The molecule has 0 heterocycles. The van der Waals surface area contributed by atoms with Crippen molar-refractivity contribution in [2.24, 2.45) is 0 Å². The van der Waals surface area contributed by atoms with Crippen molar-refractivity contribution >= 4 is 27.5 Å². The van der Waals surface area contributed by atoms with Gasteiger partial charge in [0.1, 0.15) is 0 Å². The van der Waals surface area contributed by atoms with Crippen LogP contribution in [0.4, 0.5) is 5.69 Å². The minimum atomic E-state index is -1.00. The van der Waals surface area contributed by atoms with Gasteiger partial charge in [-0.15, -0.1) is 0 Å². The lowest BCUT2D eigenvalue weighted by atomic mass is 10.0. The van der Waals surface area contributed by atoms with Crippen LogP contribution in [0, 0.1) is 0 Å². The van der Waals surface area contributed by atoms with Gasteiger partial charge in [-0.25, -0.2) is 0 Å². The van der Waals surface area contributed by atoms with Crippen LogP contribution >= 0.6 is 15.9 Å². The van der Waals surface area contributed by atoms with Crippen LogP contribution in [-0.2, 0) is 4.74 Å². The van der Waals surface area contributed by atoms with E-state index < -0.39 is 5.60 Å². The molecule has 1 aromatic rings. The second-order valence-corrected chi connectivity index (χ2v) is 5.52. The zero-order chi connectivity index (χ0) is 14.5. The van der Waals surface area contributed by atoms with Crippen LogP contribution in [0.3, 0.4) is 0 Å². The van der Waals surface area contributed by atoms with Crippen LogP contribution in [0.15, 0.2) is 22.7 Å². The second kappa shape index (κ2) is 6.88. The van der Waals surface area contributed by atoms with Crippen LogP contribution < -0.4 is 11.1 Å². The summed E-state index contributed by atoms with van der Waals surface area (Å²) in [5.74, 6) is -0.281. The average molecular weight is 331 g/mol. The Balaban J connectivity index is 2.62. The summed E-state index contributed by atoms with van der Waals surface area (Å²) in [6.45, 7) is 2.24. The largest absolute Gasteiger partial charge is 0.399 e. The molecule has 0 saturated heterocycles. The molecule has 0 aliphatic rings. The van der Waals surface area contributed by atoms with Gasteiger partial charge in [0.05, 0.1) is 11.2 Å². The molecule has 0 bridgehead atoms. The molecule has 19 heavy (non-hydrogen) atoms. The quantitative estimate of drug-likeness (QED) is 0.691. The summed E-state index contributed by atoms with van der Waals surface area (Å²) >= 11 is 3.29. The predicted octanol–water partition coefficient (Wildman–Crippen LogP) is 1.55. The van der Waals surface area contributed by atoms with E-state index in [2.05, 4.69) is 21.2 Å². The first-order valence-corrected chi connectivity index (χ1v) is 6.69. The fraction of sp³-hybridized carbons (Fsp3) is 0.462. The van der Waals surface area contributed by atoms with Crippen molar-refractivity contribution in [2.75, 3.05) is 26.0 Å². The molecule has 6 heteroatoms. The lowest BCUT2D eigenvalue weighted by Crippen LogP contribution is -2.41. The Morgan fingerprint density at radius 2 is 2.26 bits per heavy atom. The summed E-state index contributed by atoms with van der Waals surface area (Å²) in [5, 5.41) is 12.7. The van der Waals surface area contributed by atoms with Gasteiger partial charge in [0.15, 0.2) is 0 Å². The molecule has 4 N–H and O–H groups in total. The zero-order valence-electron chi connectivity index (χ0n) is 11.1. The number of nitrogens with two attached hydrogens (primary N) is 1. The molecule has 1 amide bonds.